The maximum atomic E-state index is 8.52. The molecule has 0 unspecified atom stereocenters. The van der Waals surface area contributed by atoms with Crippen molar-refractivity contribution in [2.75, 3.05) is 0 Å². The Morgan fingerprint density at radius 1 is 1.50 bits per heavy atom. The van der Waals surface area contributed by atoms with E-state index in [-0.39, 0.29) is 0 Å². The lowest BCUT2D eigenvalue weighted by Crippen LogP contribution is -1.94. The van der Waals surface area contributed by atoms with Gasteiger partial charge in [-0.05, 0) is 25.5 Å². The molecule has 1 aromatic carbocycles. The van der Waals surface area contributed by atoms with Crippen molar-refractivity contribution in [3.8, 4) is 0 Å². The number of benzene rings is 1. The van der Waals surface area contributed by atoms with E-state index in [0.29, 0.717) is 5.71 Å². The normalized spacial score (nSPS) is 11.8. The van der Waals surface area contributed by atoms with Crippen LogP contribution in [0.4, 0.5) is 0 Å². The van der Waals surface area contributed by atoms with Crippen LogP contribution in [0.2, 0.25) is 0 Å². The monoisotopic (exact) mass is 227 g/mol. The summed E-state index contributed by atoms with van der Waals surface area (Å²) in [6.45, 7) is 3.77. The Morgan fingerprint density at radius 2 is 2.17 bits per heavy atom. The quantitative estimate of drug-likeness (QED) is 0.447. The van der Waals surface area contributed by atoms with Crippen LogP contribution in [-0.4, -0.2) is 10.9 Å². The van der Waals surface area contributed by atoms with E-state index < -0.39 is 0 Å². The molecule has 1 aromatic rings. The van der Waals surface area contributed by atoms with Gasteiger partial charge in [-0.15, -0.1) is 0 Å². The van der Waals surface area contributed by atoms with E-state index in [0.717, 1.165) is 10.0 Å². The van der Waals surface area contributed by atoms with Gasteiger partial charge in [0.05, 0.1) is 5.71 Å². The number of halogens is 1. The van der Waals surface area contributed by atoms with Crippen LogP contribution in [-0.2, 0) is 0 Å². The van der Waals surface area contributed by atoms with Crippen LogP contribution in [0.15, 0.2) is 27.8 Å². The molecule has 12 heavy (non-hydrogen) atoms. The second kappa shape index (κ2) is 3.72. The zero-order valence-electron chi connectivity index (χ0n) is 7.00. The molecule has 0 spiro atoms. The third kappa shape index (κ3) is 1.85. The van der Waals surface area contributed by atoms with E-state index >= 15 is 0 Å². The van der Waals surface area contributed by atoms with Gasteiger partial charge in [0.25, 0.3) is 0 Å². The van der Waals surface area contributed by atoms with Crippen molar-refractivity contribution in [2.24, 2.45) is 5.16 Å². The molecule has 0 atom stereocenters. The van der Waals surface area contributed by atoms with Gasteiger partial charge in [0.2, 0.25) is 0 Å². The topological polar surface area (TPSA) is 32.6 Å². The molecule has 3 heteroatoms. The first-order chi connectivity index (χ1) is 5.65. The van der Waals surface area contributed by atoms with Crippen molar-refractivity contribution in [1.82, 2.24) is 0 Å². The summed E-state index contributed by atoms with van der Waals surface area (Å²) in [5.41, 5.74) is 2.72. The summed E-state index contributed by atoms with van der Waals surface area (Å²) in [4.78, 5) is 0. The summed E-state index contributed by atoms with van der Waals surface area (Å²) in [6, 6.07) is 5.84. The lowest BCUT2D eigenvalue weighted by atomic mass is 10.1. The van der Waals surface area contributed by atoms with Gasteiger partial charge in [-0.1, -0.05) is 33.2 Å². The van der Waals surface area contributed by atoms with Gasteiger partial charge < -0.3 is 5.21 Å². The highest BCUT2D eigenvalue weighted by molar-refractivity contribution is 9.10. The van der Waals surface area contributed by atoms with E-state index in [1.54, 1.807) is 6.92 Å². The Bertz CT molecular complexity index is 320. The molecule has 0 radical (unpaired) electrons. The summed E-state index contributed by atoms with van der Waals surface area (Å²) in [7, 11) is 0. The third-order valence-corrected chi connectivity index (χ3v) is 2.59. The Labute approximate surface area is 80.0 Å². The lowest BCUT2D eigenvalue weighted by Gasteiger charge is -2.01. The van der Waals surface area contributed by atoms with Crippen molar-refractivity contribution < 1.29 is 5.21 Å². The molecule has 2 nitrogen and oxygen atoms in total. The second-order valence-corrected chi connectivity index (χ2v) is 3.50. The van der Waals surface area contributed by atoms with Gasteiger partial charge in [0.1, 0.15) is 0 Å². The predicted molar refractivity (Wildman–Crippen MR) is 52.9 cm³/mol. The minimum Gasteiger partial charge on any atom is -0.411 e. The van der Waals surface area contributed by atoms with Crippen LogP contribution in [0.1, 0.15) is 18.1 Å². The summed E-state index contributed by atoms with van der Waals surface area (Å²) < 4.78 is 1.03. The molecule has 0 aromatic heterocycles. The van der Waals surface area contributed by atoms with Crippen LogP contribution < -0.4 is 0 Å². The molecule has 0 saturated heterocycles. The second-order valence-electron chi connectivity index (χ2n) is 2.65. The molecule has 0 fully saturated rings. The van der Waals surface area contributed by atoms with Crippen LogP contribution in [0.25, 0.3) is 0 Å². The molecule has 0 bridgehead atoms. The number of aryl methyl sites for hydroxylation is 1. The van der Waals surface area contributed by atoms with Gasteiger partial charge >= 0.3 is 0 Å². The van der Waals surface area contributed by atoms with Crippen LogP contribution in [0, 0.1) is 6.92 Å². The maximum Gasteiger partial charge on any atom is 0.0837 e. The van der Waals surface area contributed by atoms with Gasteiger partial charge in [-0.25, -0.2) is 0 Å². The third-order valence-electron chi connectivity index (χ3n) is 1.74. The highest BCUT2D eigenvalue weighted by Crippen LogP contribution is 2.17. The maximum absolute atomic E-state index is 8.52. The van der Waals surface area contributed by atoms with Crippen molar-refractivity contribution >= 4 is 21.6 Å². The number of rotatable bonds is 1. The Hall–Kier alpha value is -0.830. The zero-order valence-corrected chi connectivity index (χ0v) is 8.59. The highest BCUT2D eigenvalue weighted by Gasteiger charge is 1.99. The summed E-state index contributed by atoms with van der Waals surface area (Å²) in [5.74, 6) is 0. The average Bonchev–Trinajstić information content (AvgIpc) is 2.08. The van der Waals surface area contributed by atoms with E-state index in [2.05, 4.69) is 21.1 Å². The summed E-state index contributed by atoms with van der Waals surface area (Å²) >= 11 is 3.41. The molecular weight excluding hydrogens is 218 g/mol. The Kier molecular flexibility index (Phi) is 2.87. The molecule has 1 N–H and O–H groups in total. The summed E-state index contributed by atoms with van der Waals surface area (Å²) in [5, 5.41) is 11.6. The molecular formula is C9H10BrNO. The van der Waals surface area contributed by atoms with Crippen LogP contribution >= 0.6 is 15.9 Å². The number of oxime groups is 1. The molecule has 64 valence electrons. The number of hydrogen-bond acceptors (Lipinski definition) is 2. The highest BCUT2D eigenvalue weighted by atomic mass is 79.9. The molecule has 0 amide bonds. The first-order valence-corrected chi connectivity index (χ1v) is 4.39. The van der Waals surface area contributed by atoms with E-state index in [1.165, 1.54) is 5.56 Å². The van der Waals surface area contributed by atoms with Gasteiger partial charge in [-0.3, -0.25) is 0 Å². The number of hydrogen-bond donors (Lipinski definition) is 1. The molecule has 0 aliphatic rings. The van der Waals surface area contributed by atoms with E-state index in [9.17, 15) is 0 Å². The minimum atomic E-state index is 0.621. The zero-order chi connectivity index (χ0) is 9.14. The minimum absolute atomic E-state index is 0.621. The van der Waals surface area contributed by atoms with Crippen molar-refractivity contribution in [3.63, 3.8) is 0 Å². The fraction of sp³-hybridized carbons (Fsp3) is 0.222. The Morgan fingerprint density at radius 3 is 2.67 bits per heavy atom. The molecule has 1 rings (SSSR count). The SMILES string of the molecule is CC(=NO)c1ccc(C)c(Br)c1. The molecule has 0 saturated carbocycles. The Balaban J connectivity index is 3.13. The first-order valence-electron chi connectivity index (χ1n) is 3.60. The molecule has 0 heterocycles. The standard InChI is InChI=1S/C9H10BrNO/c1-6-3-4-8(5-9(6)10)7(2)11-12/h3-5,12H,1-2H3. The van der Waals surface area contributed by atoms with Gasteiger partial charge in [0, 0.05) is 10.0 Å². The van der Waals surface area contributed by atoms with Crippen molar-refractivity contribution in [1.29, 1.82) is 0 Å². The lowest BCUT2D eigenvalue weighted by molar-refractivity contribution is 0.319. The van der Waals surface area contributed by atoms with Crippen molar-refractivity contribution in [3.05, 3.63) is 33.8 Å². The van der Waals surface area contributed by atoms with Crippen molar-refractivity contribution in [2.45, 2.75) is 13.8 Å². The number of nitrogens with zero attached hydrogens (tertiary/aromatic N) is 1. The summed E-state index contributed by atoms with van der Waals surface area (Å²) in [6.07, 6.45) is 0. The average molecular weight is 228 g/mol. The largest absolute Gasteiger partial charge is 0.411 e. The molecule has 0 aliphatic heterocycles. The van der Waals surface area contributed by atoms with E-state index in [1.807, 2.05) is 25.1 Å². The predicted octanol–water partition coefficient (Wildman–Crippen LogP) is 2.96. The van der Waals surface area contributed by atoms with Crippen LogP contribution in [0.3, 0.4) is 0 Å². The van der Waals surface area contributed by atoms with Gasteiger partial charge in [0.15, 0.2) is 0 Å². The van der Waals surface area contributed by atoms with Crippen LogP contribution in [0.5, 0.6) is 0 Å². The smallest absolute Gasteiger partial charge is 0.0837 e. The fourth-order valence-corrected chi connectivity index (χ4v) is 1.25. The first kappa shape index (κ1) is 9.26. The van der Waals surface area contributed by atoms with Gasteiger partial charge in [-0.2, -0.15) is 0 Å². The van der Waals surface area contributed by atoms with E-state index in [4.69, 9.17) is 5.21 Å². The molecule has 0 aliphatic carbocycles. The fourth-order valence-electron chi connectivity index (χ4n) is 0.876.